The van der Waals surface area contributed by atoms with Gasteiger partial charge in [0.15, 0.2) is 5.76 Å². The maximum absolute atomic E-state index is 12.6. The second kappa shape index (κ2) is 10.3. The van der Waals surface area contributed by atoms with Crippen molar-refractivity contribution in [3.8, 4) is 11.3 Å². The van der Waals surface area contributed by atoms with Crippen LogP contribution in [0.25, 0.3) is 11.3 Å². The van der Waals surface area contributed by atoms with Gasteiger partial charge in [-0.1, -0.05) is 30.1 Å². The van der Waals surface area contributed by atoms with Crippen molar-refractivity contribution in [2.24, 2.45) is 0 Å². The summed E-state index contributed by atoms with van der Waals surface area (Å²) in [6.45, 7) is 5.08. The number of hydrogen-bond acceptors (Lipinski definition) is 4. The van der Waals surface area contributed by atoms with E-state index in [1.54, 1.807) is 30.3 Å². The summed E-state index contributed by atoms with van der Waals surface area (Å²) < 4.78 is 5.71. The van der Waals surface area contributed by atoms with Crippen molar-refractivity contribution in [2.45, 2.75) is 19.8 Å². The van der Waals surface area contributed by atoms with Gasteiger partial charge in [-0.25, -0.2) is 0 Å². The van der Waals surface area contributed by atoms with E-state index >= 15 is 0 Å². The molecule has 2 heterocycles. The standard InChI is InChI=1S/C25H25Cl2N3O3/c1-2-3-24(31)30-12-10-29(11-13-30)21-6-4-20(5-7-21)28-25(32)23-9-8-22(33-23)17-14-18(26)16-19(27)15-17/h4-9,14-16H,2-3,10-13H2,1H3,(H,28,32). The molecule has 0 aliphatic carbocycles. The van der Waals surface area contributed by atoms with Crippen LogP contribution in [0.3, 0.4) is 0 Å². The summed E-state index contributed by atoms with van der Waals surface area (Å²) in [5.74, 6) is 0.592. The number of nitrogens with zero attached hydrogens (tertiary/aromatic N) is 2. The molecule has 1 aliphatic heterocycles. The molecule has 33 heavy (non-hydrogen) atoms. The molecule has 172 valence electrons. The largest absolute Gasteiger partial charge is 0.451 e. The number of carbonyl (C=O) groups excluding carboxylic acids is 2. The second-order valence-electron chi connectivity index (χ2n) is 7.94. The van der Waals surface area contributed by atoms with Crippen molar-refractivity contribution < 1.29 is 14.0 Å². The number of furan rings is 1. The minimum Gasteiger partial charge on any atom is -0.451 e. The first-order valence-electron chi connectivity index (χ1n) is 10.9. The van der Waals surface area contributed by atoms with Crippen LogP contribution in [0.4, 0.5) is 11.4 Å². The first-order valence-corrected chi connectivity index (χ1v) is 11.7. The van der Waals surface area contributed by atoms with Gasteiger partial charge >= 0.3 is 0 Å². The van der Waals surface area contributed by atoms with Gasteiger partial charge in [0.25, 0.3) is 5.91 Å². The molecule has 0 saturated carbocycles. The summed E-state index contributed by atoms with van der Waals surface area (Å²) in [6.07, 6.45) is 1.49. The maximum atomic E-state index is 12.6. The van der Waals surface area contributed by atoms with Crippen LogP contribution in [-0.4, -0.2) is 42.9 Å². The summed E-state index contributed by atoms with van der Waals surface area (Å²) in [6, 6.07) is 16.1. The lowest BCUT2D eigenvalue weighted by atomic mass is 10.2. The zero-order valence-electron chi connectivity index (χ0n) is 18.3. The summed E-state index contributed by atoms with van der Waals surface area (Å²) in [5, 5.41) is 3.84. The third kappa shape index (κ3) is 5.70. The predicted molar refractivity (Wildman–Crippen MR) is 132 cm³/mol. The quantitative estimate of drug-likeness (QED) is 0.468. The molecule has 8 heteroatoms. The number of carbonyl (C=O) groups is 2. The Morgan fingerprint density at radius 3 is 2.24 bits per heavy atom. The minimum absolute atomic E-state index is 0.193. The second-order valence-corrected chi connectivity index (χ2v) is 8.81. The number of hydrogen-bond donors (Lipinski definition) is 1. The zero-order valence-corrected chi connectivity index (χ0v) is 19.8. The lowest BCUT2D eigenvalue weighted by Crippen LogP contribution is -2.48. The Morgan fingerprint density at radius 1 is 0.939 bits per heavy atom. The summed E-state index contributed by atoms with van der Waals surface area (Å²) in [7, 11) is 0. The Labute approximate surface area is 203 Å². The summed E-state index contributed by atoms with van der Waals surface area (Å²) >= 11 is 12.1. The number of piperazine rings is 1. The number of halogens is 2. The smallest absolute Gasteiger partial charge is 0.291 e. The highest BCUT2D eigenvalue weighted by atomic mass is 35.5. The van der Waals surface area contributed by atoms with E-state index in [1.807, 2.05) is 36.1 Å². The molecule has 1 aromatic heterocycles. The van der Waals surface area contributed by atoms with Crippen LogP contribution >= 0.6 is 23.2 Å². The topological polar surface area (TPSA) is 65.8 Å². The SMILES string of the molecule is CCCC(=O)N1CCN(c2ccc(NC(=O)c3ccc(-c4cc(Cl)cc(Cl)c4)o3)cc2)CC1. The van der Waals surface area contributed by atoms with Crippen LogP contribution in [0.1, 0.15) is 30.3 Å². The van der Waals surface area contributed by atoms with Crippen molar-refractivity contribution in [3.63, 3.8) is 0 Å². The van der Waals surface area contributed by atoms with E-state index in [2.05, 4.69) is 10.2 Å². The van der Waals surface area contributed by atoms with Crippen molar-refractivity contribution in [2.75, 3.05) is 36.4 Å². The van der Waals surface area contributed by atoms with Gasteiger partial charge < -0.3 is 19.5 Å². The predicted octanol–water partition coefficient (Wildman–Crippen LogP) is 5.95. The molecular weight excluding hydrogens is 461 g/mol. The monoisotopic (exact) mass is 485 g/mol. The van der Waals surface area contributed by atoms with Crippen molar-refractivity contribution in [3.05, 3.63) is 70.4 Å². The molecule has 1 fully saturated rings. The first-order chi connectivity index (χ1) is 15.9. The van der Waals surface area contributed by atoms with Crippen LogP contribution in [0.2, 0.25) is 10.0 Å². The third-order valence-electron chi connectivity index (χ3n) is 5.56. The Bertz CT molecular complexity index is 1120. The van der Waals surface area contributed by atoms with E-state index in [0.29, 0.717) is 33.5 Å². The van der Waals surface area contributed by atoms with E-state index in [1.165, 1.54) is 0 Å². The molecule has 1 aliphatic rings. The molecule has 6 nitrogen and oxygen atoms in total. The normalized spacial score (nSPS) is 13.8. The highest BCUT2D eigenvalue weighted by Crippen LogP contribution is 2.29. The number of rotatable bonds is 6. The fraction of sp³-hybridized carbons (Fsp3) is 0.280. The maximum Gasteiger partial charge on any atom is 0.291 e. The molecule has 0 unspecified atom stereocenters. The van der Waals surface area contributed by atoms with Crippen molar-refractivity contribution in [1.29, 1.82) is 0 Å². The van der Waals surface area contributed by atoms with Crippen LogP contribution in [0.15, 0.2) is 59.0 Å². The lowest BCUT2D eigenvalue weighted by molar-refractivity contribution is -0.131. The van der Waals surface area contributed by atoms with Gasteiger partial charge in [-0.2, -0.15) is 0 Å². The molecule has 4 rings (SSSR count). The van der Waals surface area contributed by atoms with Gasteiger partial charge in [-0.15, -0.1) is 0 Å². The Kier molecular flexibility index (Phi) is 7.26. The Morgan fingerprint density at radius 2 is 1.61 bits per heavy atom. The molecule has 1 N–H and O–H groups in total. The van der Waals surface area contributed by atoms with Crippen molar-refractivity contribution >= 4 is 46.4 Å². The average Bonchev–Trinajstić information content (AvgIpc) is 3.30. The van der Waals surface area contributed by atoms with Gasteiger partial charge in [0, 0.05) is 59.6 Å². The fourth-order valence-electron chi connectivity index (χ4n) is 3.85. The number of anilines is 2. The molecule has 0 bridgehead atoms. The number of benzene rings is 2. The molecular formula is C25H25Cl2N3O3. The Hall–Kier alpha value is -2.96. The average molecular weight is 486 g/mol. The van der Waals surface area contributed by atoms with E-state index < -0.39 is 0 Å². The molecule has 0 spiro atoms. The van der Waals surface area contributed by atoms with Crippen LogP contribution < -0.4 is 10.2 Å². The van der Waals surface area contributed by atoms with Crippen LogP contribution in [0, 0.1) is 0 Å². The summed E-state index contributed by atoms with van der Waals surface area (Å²) in [5.41, 5.74) is 2.44. The lowest BCUT2D eigenvalue weighted by Gasteiger charge is -2.36. The molecule has 0 radical (unpaired) electrons. The van der Waals surface area contributed by atoms with E-state index in [-0.39, 0.29) is 17.6 Å². The van der Waals surface area contributed by atoms with Gasteiger partial charge in [0.2, 0.25) is 5.91 Å². The van der Waals surface area contributed by atoms with Gasteiger partial charge in [-0.3, -0.25) is 9.59 Å². The van der Waals surface area contributed by atoms with Gasteiger partial charge in [0.05, 0.1) is 0 Å². The Balaban J connectivity index is 1.35. The molecule has 1 saturated heterocycles. The minimum atomic E-state index is -0.342. The van der Waals surface area contributed by atoms with E-state index in [4.69, 9.17) is 27.6 Å². The van der Waals surface area contributed by atoms with Gasteiger partial charge in [0.1, 0.15) is 5.76 Å². The highest BCUT2D eigenvalue weighted by Gasteiger charge is 2.21. The fourth-order valence-corrected chi connectivity index (χ4v) is 4.37. The molecule has 2 aromatic carbocycles. The van der Waals surface area contributed by atoms with Crippen LogP contribution in [-0.2, 0) is 4.79 Å². The van der Waals surface area contributed by atoms with E-state index in [9.17, 15) is 9.59 Å². The first kappa shape index (κ1) is 23.2. The van der Waals surface area contributed by atoms with Gasteiger partial charge in [-0.05, 0) is 61.0 Å². The zero-order chi connectivity index (χ0) is 23.4. The van der Waals surface area contributed by atoms with Crippen molar-refractivity contribution in [1.82, 2.24) is 4.90 Å². The number of amides is 2. The molecule has 0 atom stereocenters. The third-order valence-corrected chi connectivity index (χ3v) is 6.00. The highest BCUT2D eigenvalue weighted by molar-refractivity contribution is 6.35. The molecule has 2 amide bonds. The number of nitrogens with one attached hydrogen (secondary N) is 1. The van der Waals surface area contributed by atoms with Crippen LogP contribution in [0.5, 0.6) is 0 Å². The molecule has 3 aromatic rings. The summed E-state index contributed by atoms with van der Waals surface area (Å²) in [4.78, 5) is 28.9. The van der Waals surface area contributed by atoms with E-state index in [0.717, 1.165) is 38.3 Å².